The number of rotatable bonds is 5. The normalized spacial score (nSPS) is 12.1. The van der Waals surface area contributed by atoms with Crippen LogP contribution in [0.15, 0.2) is 18.2 Å². The molecular formula is C13H18FNO3. The molecule has 1 aromatic carbocycles. The number of carbonyl (C=O) groups excluding carboxylic acids is 1. The molecule has 18 heavy (non-hydrogen) atoms. The summed E-state index contributed by atoms with van der Waals surface area (Å²) in [5.74, 6) is -0.0729. The highest BCUT2D eigenvalue weighted by molar-refractivity contribution is 5.75. The van der Waals surface area contributed by atoms with Crippen LogP contribution in [0.25, 0.3) is 0 Å². The smallest absolute Gasteiger partial charge is 0.225 e. The van der Waals surface area contributed by atoms with Gasteiger partial charge in [0.15, 0.2) is 0 Å². The number of halogens is 1. The molecule has 0 saturated heterocycles. The van der Waals surface area contributed by atoms with Crippen molar-refractivity contribution in [3.63, 3.8) is 0 Å². The highest BCUT2D eigenvalue weighted by atomic mass is 19.1. The Kier molecular flexibility index (Phi) is 5.09. The first-order chi connectivity index (χ1) is 8.41. The van der Waals surface area contributed by atoms with Crippen molar-refractivity contribution in [3.8, 4) is 5.75 Å². The van der Waals surface area contributed by atoms with Gasteiger partial charge in [0.1, 0.15) is 11.6 Å². The minimum Gasteiger partial charge on any atom is -0.493 e. The molecule has 1 aromatic rings. The molecule has 0 aliphatic rings. The molecule has 0 fully saturated rings. The Morgan fingerprint density at radius 3 is 2.72 bits per heavy atom. The number of hydrogen-bond acceptors (Lipinski definition) is 3. The second kappa shape index (κ2) is 6.35. The van der Waals surface area contributed by atoms with Crippen LogP contribution in [0.5, 0.6) is 5.75 Å². The first-order valence-electron chi connectivity index (χ1n) is 5.72. The van der Waals surface area contributed by atoms with Crippen LogP contribution >= 0.6 is 0 Å². The van der Waals surface area contributed by atoms with Crippen LogP contribution in [0.4, 0.5) is 4.39 Å². The van der Waals surface area contributed by atoms with Crippen LogP contribution in [-0.4, -0.2) is 36.6 Å². The van der Waals surface area contributed by atoms with Crippen molar-refractivity contribution in [2.75, 3.05) is 20.7 Å². The lowest BCUT2D eigenvalue weighted by Crippen LogP contribution is -2.23. The summed E-state index contributed by atoms with van der Waals surface area (Å²) in [5, 5.41) is 9.50. The third kappa shape index (κ3) is 4.00. The summed E-state index contributed by atoms with van der Waals surface area (Å²) >= 11 is 0. The Hall–Kier alpha value is -1.62. The van der Waals surface area contributed by atoms with E-state index in [1.165, 1.54) is 30.0 Å². The molecule has 0 radical (unpaired) electrons. The van der Waals surface area contributed by atoms with E-state index >= 15 is 0 Å². The number of aliphatic hydroxyl groups is 1. The highest BCUT2D eigenvalue weighted by Crippen LogP contribution is 2.26. The number of benzene rings is 1. The Bertz CT molecular complexity index is 419. The fraction of sp³-hybridized carbons (Fsp3) is 0.462. The molecule has 1 amide bonds. The second-order valence-electron chi connectivity index (χ2n) is 4.24. The summed E-state index contributed by atoms with van der Waals surface area (Å²) in [5.41, 5.74) is 0.382. The van der Waals surface area contributed by atoms with E-state index in [1.807, 2.05) is 0 Å². The minimum absolute atomic E-state index is 0.0456. The van der Waals surface area contributed by atoms with Crippen LogP contribution in [0.1, 0.15) is 25.0 Å². The maximum absolute atomic E-state index is 13.0. The predicted octanol–water partition coefficient (Wildman–Crippen LogP) is 1.74. The molecule has 0 bridgehead atoms. The molecule has 1 rings (SSSR count). The van der Waals surface area contributed by atoms with Crippen molar-refractivity contribution in [3.05, 3.63) is 29.6 Å². The summed E-state index contributed by atoms with van der Waals surface area (Å²) in [6, 6.07) is 3.94. The average Bonchev–Trinajstić information content (AvgIpc) is 2.30. The maximum atomic E-state index is 13.0. The second-order valence-corrected chi connectivity index (χ2v) is 4.24. The van der Waals surface area contributed by atoms with E-state index in [0.29, 0.717) is 11.3 Å². The summed E-state index contributed by atoms with van der Waals surface area (Å²) in [4.78, 5) is 12.8. The third-order valence-corrected chi connectivity index (χ3v) is 2.49. The first kappa shape index (κ1) is 14.4. The van der Waals surface area contributed by atoms with E-state index in [0.717, 1.165) is 0 Å². The number of amides is 1. The molecule has 0 saturated carbocycles. The Balaban J connectivity index is 2.65. The molecule has 4 nitrogen and oxygen atoms in total. The topological polar surface area (TPSA) is 49.8 Å². The van der Waals surface area contributed by atoms with Crippen LogP contribution in [-0.2, 0) is 4.79 Å². The zero-order chi connectivity index (χ0) is 13.7. The highest BCUT2D eigenvalue weighted by Gasteiger charge is 2.11. The summed E-state index contributed by atoms with van der Waals surface area (Å²) in [6.07, 6.45) is -0.580. The molecule has 0 aliphatic heterocycles. The number of carbonyl (C=O) groups is 1. The lowest BCUT2D eigenvalue weighted by atomic mass is 10.1. The molecule has 1 N–H and O–H groups in total. The van der Waals surface area contributed by atoms with Crippen molar-refractivity contribution in [2.24, 2.45) is 0 Å². The largest absolute Gasteiger partial charge is 0.493 e. The zero-order valence-electron chi connectivity index (χ0n) is 10.8. The SMILES string of the molecule is C[C@@H](O)c1cc(F)ccc1OCCC(=O)N(C)C. The fourth-order valence-electron chi connectivity index (χ4n) is 1.45. The van der Waals surface area contributed by atoms with Crippen molar-refractivity contribution in [1.29, 1.82) is 0 Å². The number of nitrogens with zero attached hydrogens (tertiary/aromatic N) is 1. The molecule has 0 unspecified atom stereocenters. The minimum atomic E-state index is -0.819. The molecule has 0 heterocycles. The van der Waals surface area contributed by atoms with Crippen LogP contribution in [0.3, 0.4) is 0 Å². The van der Waals surface area contributed by atoms with Gasteiger partial charge in [-0.3, -0.25) is 4.79 Å². The first-order valence-corrected chi connectivity index (χ1v) is 5.72. The Labute approximate surface area is 106 Å². The van der Waals surface area contributed by atoms with Gasteiger partial charge >= 0.3 is 0 Å². The van der Waals surface area contributed by atoms with E-state index in [2.05, 4.69) is 0 Å². The molecule has 0 aliphatic carbocycles. The van der Waals surface area contributed by atoms with Gasteiger partial charge in [-0.15, -0.1) is 0 Å². The molecular weight excluding hydrogens is 237 g/mol. The van der Waals surface area contributed by atoms with E-state index in [-0.39, 0.29) is 18.9 Å². The Morgan fingerprint density at radius 2 is 2.17 bits per heavy atom. The van der Waals surface area contributed by atoms with Gasteiger partial charge in [0.25, 0.3) is 0 Å². The van der Waals surface area contributed by atoms with Crippen molar-refractivity contribution in [2.45, 2.75) is 19.4 Å². The van der Waals surface area contributed by atoms with E-state index in [9.17, 15) is 14.3 Å². The van der Waals surface area contributed by atoms with Gasteiger partial charge < -0.3 is 14.7 Å². The average molecular weight is 255 g/mol. The molecule has 100 valence electrons. The van der Waals surface area contributed by atoms with Crippen LogP contribution in [0, 0.1) is 5.82 Å². The quantitative estimate of drug-likeness (QED) is 0.871. The van der Waals surface area contributed by atoms with E-state index in [1.54, 1.807) is 14.1 Å². The van der Waals surface area contributed by atoms with Crippen LogP contribution in [0.2, 0.25) is 0 Å². The molecule has 5 heteroatoms. The zero-order valence-corrected chi connectivity index (χ0v) is 10.8. The molecule has 0 aromatic heterocycles. The van der Waals surface area contributed by atoms with E-state index < -0.39 is 11.9 Å². The summed E-state index contributed by atoms with van der Waals surface area (Å²) in [6.45, 7) is 1.73. The summed E-state index contributed by atoms with van der Waals surface area (Å²) < 4.78 is 18.4. The van der Waals surface area contributed by atoms with Gasteiger partial charge in [0.2, 0.25) is 5.91 Å². The van der Waals surface area contributed by atoms with Gasteiger partial charge in [-0.25, -0.2) is 4.39 Å². The lowest BCUT2D eigenvalue weighted by molar-refractivity contribution is -0.129. The fourth-order valence-corrected chi connectivity index (χ4v) is 1.45. The maximum Gasteiger partial charge on any atom is 0.225 e. The van der Waals surface area contributed by atoms with Gasteiger partial charge in [0, 0.05) is 19.7 Å². The van der Waals surface area contributed by atoms with Gasteiger partial charge in [0.05, 0.1) is 19.1 Å². The van der Waals surface area contributed by atoms with Crippen molar-refractivity contribution >= 4 is 5.91 Å². The van der Waals surface area contributed by atoms with Crippen molar-refractivity contribution < 1.29 is 19.0 Å². The standard InChI is InChI=1S/C13H18FNO3/c1-9(16)11-8-10(14)4-5-12(11)18-7-6-13(17)15(2)3/h4-5,8-9,16H,6-7H2,1-3H3/t9-/m1/s1. The van der Waals surface area contributed by atoms with Gasteiger partial charge in [-0.1, -0.05) is 0 Å². The van der Waals surface area contributed by atoms with Crippen LogP contribution < -0.4 is 4.74 Å². The van der Waals surface area contributed by atoms with E-state index in [4.69, 9.17) is 4.74 Å². The lowest BCUT2D eigenvalue weighted by Gasteiger charge is -2.14. The van der Waals surface area contributed by atoms with Crippen molar-refractivity contribution in [1.82, 2.24) is 4.90 Å². The number of ether oxygens (including phenoxy) is 1. The third-order valence-electron chi connectivity index (χ3n) is 2.49. The number of aliphatic hydroxyl groups excluding tert-OH is 1. The summed E-state index contributed by atoms with van der Waals surface area (Å²) in [7, 11) is 3.34. The monoisotopic (exact) mass is 255 g/mol. The molecule has 0 spiro atoms. The number of hydrogen-bond donors (Lipinski definition) is 1. The predicted molar refractivity (Wildman–Crippen MR) is 65.8 cm³/mol. The van der Waals surface area contributed by atoms with Gasteiger partial charge in [-0.05, 0) is 25.1 Å². The Morgan fingerprint density at radius 1 is 1.50 bits per heavy atom. The molecule has 1 atom stereocenters. The van der Waals surface area contributed by atoms with Gasteiger partial charge in [-0.2, -0.15) is 0 Å².